The SMILES string of the molecule is CC(=O)N1CCCC(O)(CN2CCC(c3ccccn3)CC2)CC1. The summed E-state index contributed by atoms with van der Waals surface area (Å²) < 4.78 is 0. The van der Waals surface area contributed by atoms with E-state index < -0.39 is 5.60 Å². The van der Waals surface area contributed by atoms with Gasteiger partial charge in [-0.3, -0.25) is 9.78 Å². The number of likely N-dealkylation sites (tertiary alicyclic amines) is 2. The molecule has 2 saturated heterocycles. The standard InChI is InChI=1S/C19H29N3O2/c1-16(23)22-11-4-8-19(24,9-14-22)15-21-12-6-17(7-13-21)18-5-2-3-10-20-18/h2-3,5,10,17,24H,4,6-9,11-15H2,1H3. The molecule has 5 nitrogen and oxygen atoms in total. The van der Waals surface area contributed by atoms with Crippen LogP contribution in [0.25, 0.3) is 0 Å². The quantitative estimate of drug-likeness (QED) is 0.921. The molecule has 1 unspecified atom stereocenters. The zero-order valence-corrected chi connectivity index (χ0v) is 14.7. The molecule has 5 heteroatoms. The van der Waals surface area contributed by atoms with Crippen LogP contribution >= 0.6 is 0 Å². The number of aliphatic hydroxyl groups is 1. The number of carbonyl (C=O) groups excluding carboxylic acids is 1. The summed E-state index contributed by atoms with van der Waals surface area (Å²) in [4.78, 5) is 20.3. The molecular formula is C19H29N3O2. The highest BCUT2D eigenvalue weighted by Crippen LogP contribution is 2.29. The van der Waals surface area contributed by atoms with Crippen LogP contribution in [0.1, 0.15) is 50.6 Å². The van der Waals surface area contributed by atoms with Crippen molar-refractivity contribution in [2.75, 3.05) is 32.7 Å². The first-order chi connectivity index (χ1) is 11.6. The molecule has 1 atom stereocenters. The number of β-amino-alcohol motifs (C(OH)–C–C–N with tert-alkyl or cyclic N) is 1. The lowest BCUT2D eigenvalue weighted by Gasteiger charge is -2.37. The number of nitrogens with zero attached hydrogens (tertiary/aromatic N) is 3. The van der Waals surface area contributed by atoms with Crippen LogP contribution in [0, 0.1) is 0 Å². The summed E-state index contributed by atoms with van der Waals surface area (Å²) in [5.41, 5.74) is 0.546. The minimum Gasteiger partial charge on any atom is -0.388 e. The Bertz CT molecular complexity index is 543. The summed E-state index contributed by atoms with van der Waals surface area (Å²) >= 11 is 0. The van der Waals surface area contributed by atoms with Crippen molar-refractivity contribution in [2.45, 2.75) is 50.5 Å². The van der Waals surface area contributed by atoms with E-state index in [-0.39, 0.29) is 5.91 Å². The van der Waals surface area contributed by atoms with Crippen LogP contribution in [-0.4, -0.2) is 64.1 Å². The van der Waals surface area contributed by atoms with Crippen molar-refractivity contribution in [1.82, 2.24) is 14.8 Å². The first kappa shape index (κ1) is 17.4. The van der Waals surface area contributed by atoms with Crippen molar-refractivity contribution in [3.8, 4) is 0 Å². The fraction of sp³-hybridized carbons (Fsp3) is 0.684. The zero-order valence-electron chi connectivity index (χ0n) is 14.7. The van der Waals surface area contributed by atoms with Gasteiger partial charge in [0.05, 0.1) is 5.60 Å². The van der Waals surface area contributed by atoms with Gasteiger partial charge in [-0.1, -0.05) is 6.07 Å². The van der Waals surface area contributed by atoms with Crippen LogP contribution in [0.4, 0.5) is 0 Å². The molecule has 0 radical (unpaired) electrons. The third-order valence-electron chi connectivity index (χ3n) is 5.57. The minimum atomic E-state index is -0.651. The van der Waals surface area contributed by atoms with Crippen molar-refractivity contribution >= 4 is 5.91 Å². The molecule has 2 aliphatic rings. The van der Waals surface area contributed by atoms with Crippen LogP contribution in [0.5, 0.6) is 0 Å². The lowest BCUT2D eigenvalue weighted by atomic mass is 9.90. The largest absolute Gasteiger partial charge is 0.388 e. The number of hydrogen-bond donors (Lipinski definition) is 1. The molecule has 1 aromatic heterocycles. The first-order valence-corrected chi connectivity index (χ1v) is 9.17. The van der Waals surface area contributed by atoms with E-state index in [1.165, 1.54) is 5.69 Å². The molecule has 0 aliphatic carbocycles. The second-order valence-electron chi connectivity index (χ2n) is 7.39. The Morgan fingerprint density at radius 1 is 1.25 bits per heavy atom. The van der Waals surface area contributed by atoms with Gasteiger partial charge in [0.15, 0.2) is 0 Å². The van der Waals surface area contributed by atoms with Crippen LogP contribution in [0.3, 0.4) is 0 Å². The molecule has 132 valence electrons. The van der Waals surface area contributed by atoms with E-state index in [0.29, 0.717) is 18.9 Å². The Hall–Kier alpha value is -1.46. The summed E-state index contributed by atoms with van der Waals surface area (Å²) in [7, 11) is 0. The number of piperidine rings is 1. The number of carbonyl (C=O) groups is 1. The van der Waals surface area contributed by atoms with Crippen molar-refractivity contribution in [1.29, 1.82) is 0 Å². The highest BCUT2D eigenvalue weighted by molar-refractivity contribution is 5.73. The third kappa shape index (κ3) is 4.33. The van der Waals surface area contributed by atoms with Gasteiger partial charge in [-0.15, -0.1) is 0 Å². The van der Waals surface area contributed by atoms with E-state index in [4.69, 9.17) is 0 Å². The Labute approximate surface area is 144 Å². The number of aromatic nitrogens is 1. The molecule has 0 saturated carbocycles. The summed E-state index contributed by atoms with van der Waals surface area (Å²) in [6, 6.07) is 6.14. The van der Waals surface area contributed by atoms with E-state index in [9.17, 15) is 9.90 Å². The molecule has 2 fully saturated rings. The summed E-state index contributed by atoms with van der Waals surface area (Å²) in [5, 5.41) is 11.0. The van der Waals surface area contributed by atoms with Gasteiger partial charge >= 0.3 is 0 Å². The predicted molar refractivity (Wildman–Crippen MR) is 93.7 cm³/mol. The number of rotatable bonds is 3. The Morgan fingerprint density at radius 3 is 2.71 bits per heavy atom. The Morgan fingerprint density at radius 2 is 2.04 bits per heavy atom. The maximum atomic E-state index is 11.6. The predicted octanol–water partition coefficient (Wildman–Crippen LogP) is 2.02. The molecule has 24 heavy (non-hydrogen) atoms. The topological polar surface area (TPSA) is 56.7 Å². The van der Waals surface area contributed by atoms with Crippen LogP contribution < -0.4 is 0 Å². The summed E-state index contributed by atoms with van der Waals surface area (Å²) in [6.07, 6.45) is 6.44. The number of amides is 1. The highest BCUT2D eigenvalue weighted by Gasteiger charge is 2.34. The van der Waals surface area contributed by atoms with Gasteiger partial charge < -0.3 is 14.9 Å². The molecule has 0 bridgehead atoms. The highest BCUT2D eigenvalue weighted by atomic mass is 16.3. The fourth-order valence-corrected chi connectivity index (χ4v) is 4.07. The average molecular weight is 331 g/mol. The molecule has 0 aromatic carbocycles. The van der Waals surface area contributed by atoms with Crippen molar-refractivity contribution in [3.63, 3.8) is 0 Å². The smallest absolute Gasteiger partial charge is 0.219 e. The summed E-state index contributed by atoms with van der Waals surface area (Å²) in [6.45, 7) is 5.83. The van der Waals surface area contributed by atoms with E-state index in [2.05, 4.69) is 22.0 Å². The fourth-order valence-electron chi connectivity index (χ4n) is 4.07. The molecule has 2 aliphatic heterocycles. The minimum absolute atomic E-state index is 0.121. The van der Waals surface area contributed by atoms with Gasteiger partial charge in [0, 0.05) is 44.4 Å². The maximum Gasteiger partial charge on any atom is 0.219 e. The average Bonchev–Trinajstić information content (AvgIpc) is 2.78. The normalized spacial score (nSPS) is 27.0. The van der Waals surface area contributed by atoms with Crippen LogP contribution in [-0.2, 0) is 4.79 Å². The Balaban J connectivity index is 1.51. The molecule has 3 rings (SSSR count). The molecule has 1 amide bonds. The van der Waals surface area contributed by atoms with Gasteiger partial charge in [0.1, 0.15) is 0 Å². The van der Waals surface area contributed by atoms with Crippen molar-refractivity contribution in [2.24, 2.45) is 0 Å². The zero-order chi connectivity index (χ0) is 17.0. The second kappa shape index (κ2) is 7.62. The number of hydrogen-bond acceptors (Lipinski definition) is 4. The summed E-state index contributed by atoms with van der Waals surface area (Å²) in [5.74, 6) is 0.662. The van der Waals surface area contributed by atoms with Gasteiger partial charge in [0.2, 0.25) is 5.91 Å². The Kier molecular flexibility index (Phi) is 5.51. The van der Waals surface area contributed by atoms with E-state index in [1.54, 1.807) is 6.92 Å². The van der Waals surface area contributed by atoms with E-state index in [1.807, 2.05) is 17.2 Å². The second-order valence-corrected chi connectivity index (χ2v) is 7.39. The molecular weight excluding hydrogens is 302 g/mol. The van der Waals surface area contributed by atoms with Gasteiger partial charge in [0.25, 0.3) is 0 Å². The van der Waals surface area contributed by atoms with Crippen LogP contribution in [0.2, 0.25) is 0 Å². The van der Waals surface area contributed by atoms with Gasteiger partial charge in [-0.2, -0.15) is 0 Å². The molecule has 1 N–H and O–H groups in total. The maximum absolute atomic E-state index is 11.6. The van der Waals surface area contributed by atoms with Gasteiger partial charge in [-0.25, -0.2) is 0 Å². The van der Waals surface area contributed by atoms with Crippen LogP contribution in [0.15, 0.2) is 24.4 Å². The monoisotopic (exact) mass is 331 g/mol. The van der Waals surface area contributed by atoms with E-state index >= 15 is 0 Å². The lowest BCUT2D eigenvalue weighted by Crippen LogP contribution is -2.46. The molecule has 0 spiro atoms. The molecule has 3 heterocycles. The molecule has 1 aromatic rings. The third-order valence-corrected chi connectivity index (χ3v) is 5.57. The van der Waals surface area contributed by atoms with Crippen molar-refractivity contribution in [3.05, 3.63) is 30.1 Å². The number of pyridine rings is 1. The lowest BCUT2D eigenvalue weighted by molar-refractivity contribution is -0.129. The van der Waals surface area contributed by atoms with Crippen molar-refractivity contribution < 1.29 is 9.90 Å². The van der Waals surface area contributed by atoms with E-state index in [0.717, 1.165) is 51.9 Å². The first-order valence-electron chi connectivity index (χ1n) is 9.17. The van der Waals surface area contributed by atoms with Gasteiger partial charge in [-0.05, 0) is 57.3 Å².